The zero-order valence-corrected chi connectivity index (χ0v) is 45.3. The summed E-state index contributed by atoms with van der Waals surface area (Å²) in [6.07, 6.45) is 12.0. The molecule has 2 aliphatic rings. The summed E-state index contributed by atoms with van der Waals surface area (Å²) in [6.45, 7) is 3.73. The monoisotopic (exact) mass is 1080 g/mol. The molecule has 1 unspecified atom stereocenters. The van der Waals surface area contributed by atoms with Gasteiger partial charge in [0, 0.05) is 35.9 Å². The fourth-order valence-electron chi connectivity index (χ4n) is 10.7. The molecule has 3 aromatic heterocycles. The number of nitrogens with two attached hydrogens (primary N) is 1. The maximum Gasteiger partial charge on any atom is 0.328 e. The molecule has 8 aromatic rings. The molecule has 1 fully saturated rings. The van der Waals surface area contributed by atoms with E-state index in [1.807, 2.05) is 97.1 Å². The molecule has 0 bridgehead atoms. The second kappa shape index (κ2) is 25.7. The summed E-state index contributed by atoms with van der Waals surface area (Å²) < 4.78 is 8.91. The predicted molar refractivity (Wildman–Crippen MR) is 310 cm³/mol. The molecule has 5 aromatic carbocycles. The van der Waals surface area contributed by atoms with Gasteiger partial charge in [0.15, 0.2) is 17.2 Å². The minimum Gasteiger partial charge on any atom is -0.463 e. The summed E-state index contributed by atoms with van der Waals surface area (Å²) in [5.41, 5.74) is 14.8. The van der Waals surface area contributed by atoms with Crippen molar-refractivity contribution in [1.82, 2.24) is 45.2 Å². The Bertz CT molecular complexity index is 3440. The lowest BCUT2D eigenvalue weighted by atomic mass is 9.98. The van der Waals surface area contributed by atoms with E-state index >= 15 is 4.79 Å². The normalized spacial score (nSPS) is 13.5. The molecular weight excluding hydrogens is 1010 g/mol. The number of imidazole rings is 1. The number of carbonyl (C=O) groups is 4. The van der Waals surface area contributed by atoms with Crippen LogP contribution in [0.4, 0.5) is 11.5 Å². The molecule has 1 atom stereocenters. The SMILES string of the molecule is CCCCOc1nc(N)c2[nH]c(=O)n(Cc3ccc(C(=O)NCCCCCCNC(=O)Cc4ccc(C(C(=O)NC5CCCC5)N(C(=O)c5cc(-c6ccccc6)n(-c6ccccc6)n5)c5ccc6c(c5)CCC6)cc4)cc3)c2n1. The summed E-state index contributed by atoms with van der Waals surface area (Å²) in [5.74, 6) is -0.830. The molecule has 0 radical (unpaired) electrons. The average molecular weight is 1080 g/mol. The Kier molecular flexibility index (Phi) is 17.5. The quantitative estimate of drug-likeness (QED) is 0.0361. The number of aromatic amines is 1. The minimum atomic E-state index is -1.04. The highest BCUT2D eigenvalue weighted by molar-refractivity contribution is 6.10. The zero-order chi connectivity index (χ0) is 55.4. The van der Waals surface area contributed by atoms with E-state index < -0.39 is 11.9 Å². The lowest BCUT2D eigenvalue weighted by Crippen LogP contribution is -2.46. The smallest absolute Gasteiger partial charge is 0.328 e. The van der Waals surface area contributed by atoms with Gasteiger partial charge >= 0.3 is 11.7 Å². The molecule has 2 aliphatic carbocycles. The van der Waals surface area contributed by atoms with Crippen LogP contribution in [0.5, 0.6) is 6.01 Å². The first-order valence-corrected chi connectivity index (χ1v) is 28.2. The number of rotatable bonds is 24. The highest BCUT2D eigenvalue weighted by atomic mass is 16.5. The number of amides is 4. The number of benzene rings is 5. The van der Waals surface area contributed by atoms with Crippen molar-refractivity contribution in [1.29, 1.82) is 0 Å². The van der Waals surface area contributed by atoms with Crippen LogP contribution in [0.1, 0.15) is 132 Å². The number of hydrogen-bond acceptors (Lipinski definition) is 10. The molecule has 10 rings (SSSR count). The third kappa shape index (κ3) is 13.0. The van der Waals surface area contributed by atoms with E-state index in [9.17, 15) is 19.2 Å². The molecule has 6 N–H and O–H groups in total. The fraction of sp³-hybridized carbons (Fsp3) is 0.333. The Balaban J connectivity index is 0.742. The number of unbranched alkanes of at least 4 members (excludes halogenated alkanes) is 4. The third-order valence-corrected chi connectivity index (χ3v) is 15.1. The number of para-hydroxylation sites is 1. The van der Waals surface area contributed by atoms with Crippen LogP contribution in [-0.4, -0.2) is 78.7 Å². The topological polar surface area (TPSA) is 224 Å². The number of fused-ring (bicyclic) bond motifs is 2. The molecule has 1 saturated carbocycles. The summed E-state index contributed by atoms with van der Waals surface area (Å²) in [6, 6.07) is 41.2. The van der Waals surface area contributed by atoms with Gasteiger partial charge in [-0.05, 0) is 122 Å². The largest absolute Gasteiger partial charge is 0.463 e. The highest BCUT2D eigenvalue weighted by Crippen LogP contribution is 2.36. The van der Waals surface area contributed by atoms with E-state index in [1.54, 1.807) is 33.8 Å². The molecular formula is C63H69N11O6. The van der Waals surface area contributed by atoms with Gasteiger partial charge in [-0.25, -0.2) is 9.48 Å². The van der Waals surface area contributed by atoms with Gasteiger partial charge in [0.1, 0.15) is 11.6 Å². The van der Waals surface area contributed by atoms with Crippen molar-refractivity contribution >= 4 is 46.3 Å². The van der Waals surface area contributed by atoms with Crippen LogP contribution in [0.3, 0.4) is 0 Å². The third-order valence-electron chi connectivity index (χ3n) is 15.1. The van der Waals surface area contributed by atoms with Gasteiger partial charge in [-0.2, -0.15) is 15.1 Å². The van der Waals surface area contributed by atoms with Crippen molar-refractivity contribution in [2.45, 2.75) is 115 Å². The summed E-state index contributed by atoms with van der Waals surface area (Å²) in [5, 5.41) is 14.3. The number of carbonyl (C=O) groups excluding carboxylic acids is 4. The lowest BCUT2D eigenvalue weighted by Gasteiger charge is -2.32. The van der Waals surface area contributed by atoms with E-state index in [-0.39, 0.29) is 59.9 Å². The molecule has 0 spiro atoms. The minimum absolute atomic E-state index is 0.00648. The molecule has 80 heavy (non-hydrogen) atoms. The Hall–Kier alpha value is -8.86. The van der Waals surface area contributed by atoms with Gasteiger partial charge in [-0.3, -0.25) is 28.6 Å². The van der Waals surface area contributed by atoms with Crippen LogP contribution < -0.4 is 37.0 Å². The van der Waals surface area contributed by atoms with Crippen LogP contribution in [0, 0.1) is 0 Å². The van der Waals surface area contributed by atoms with Gasteiger partial charge in [0.2, 0.25) is 11.8 Å². The number of anilines is 2. The first-order chi connectivity index (χ1) is 39.1. The van der Waals surface area contributed by atoms with Crippen LogP contribution in [-0.2, 0) is 35.4 Å². The van der Waals surface area contributed by atoms with Gasteiger partial charge in [-0.1, -0.05) is 130 Å². The molecule has 3 heterocycles. The van der Waals surface area contributed by atoms with Crippen molar-refractivity contribution in [2.75, 3.05) is 30.3 Å². The van der Waals surface area contributed by atoms with E-state index in [4.69, 9.17) is 15.6 Å². The van der Waals surface area contributed by atoms with Gasteiger partial charge in [0.05, 0.1) is 31.0 Å². The van der Waals surface area contributed by atoms with E-state index in [0.29, 0.717) is 47.7 Å². The molecule has 0 aliphatic heterocycles. The van der Waals surface area contributed by atoms with Crippen molar-refractivity contribution in [3.8, 4) is 23.0 Å². The first-order valence-electron chi connectivity index (χ1n) is 28.2. The summed E-state index contributed by atoms with van der Waals surface area (Å²) in [7, 11) is 0. The number of nitrogen functional groups attached to an aromatic ring is 1. The Morgan fingerprint density at radius 3 is 2.20 bits per heavy atom. The van der Waals surface area contributed by atoms with Crippen LogP contribution in [0.2, 0.25) is 0 Å². The molecule has 4 amide bonds. The average Bonchev–Trinajstić information content (AvgIpc) is 4.38. The van der Waals surface area contributed by atoms with Crippen molar-refractivity contribution in [3.05, 3.63) is 183 Å². The Morgan fingerprint density at radius 1 is 0.762 bits per heavy atom. The second-order valence-corrected chi connectivity index (χ2v) is 20.8. The molecule has 412 valence electrons. The van der Waals surface area contributed by atoms with Crippen LogP contribution >= 0.6 is 0 Å². The number of ether oxygens (including phenoxy) is 1. The van der Waals surface area contributed by atoms with Gasteiger partial charge in [-0.15, -0.1) is 0 Å². The first kappa shape index (κ1) is 54.5. The highest BCUT2D eigenvalue weighted by Gasteiger charge is 2.37. The van der Waals surface area contributed by atoms with E-state index in [1.165, 1.54) is 15.7 Å². The maximum absolute atomic E-state index is 15.4. The van der Waals surface area contributed by atoms with Crippen molar-refractivity contribution in [3.63, 3.8) is 0 Å². The second-order valence-electron chi connectivity index (χ2n) is 20.8. The Morgan fingerprint density at radius 2 is 1.46 bits per heavy atom. The summed E-state index contributed by atoms with van der Waals surface area (Å²) in [4.78, 5) is 82.4. The zero-order valence-electron chi connectivity index (χ0n) is 45.3. The lowest BCUT2D eigenvalue weighted by molar-refractivity contribution is -0.123. The maximum atomic E-state index is 15.4. The van der Waals surface area contributed by atoms with Gasteiger partial charge in [0.25, 0.3) is 11.8 Å². The predicted octanol–water partition coefficient (Wildman–Crippen LogP) is 9.37. The van der Waals surface area contributed by atoms with Crippen LogP contribution in [0.15, 0.2) is 138 Å². The standard InChI is InChI=1S/C63H69N11O6/c1-2-3-37-80-62-69-57(64)55-58(70-62)72(63(79)68-55)41-43-27-31-47(32-28-43)59(76)66-36-15-5-4-14-35-65-54(75)38-42-25-29-46(30-26-42)56(60(77)67-49-21-12-13-22-49)73(51-34-33-44-19-16-20-48(44)39-51)61(78)52-40-53(45-17-8-6-9-18-45)74(71-52)50-23-10-7-11-24-50/h6-11,17-18,23-34,39-40,49,56H,2-5,12-16,19-22,35-38,41H2,1H3,(H,65,75)(H,66,76)(H,67,77)(H,68,79)(H2,64,69,70). The van der Waals surface area contributed by atoms with Crippen molar-refractivity contribution < 1.29 is 23.9 Å². The fourth-order valence-corrected chi connectivity index (χ4v) is 10.7. The molecule has 17 heteroatoms. The number of hydrogen-bond donors (Lipinski definition) is 5. The van der Waals surface area contributed by atoms with Gasteiger partial charge < -0.3 is 31.4 Å². The van der Waals surface area contributed by atoms with Crippen molar-refractivity contribution in [2.24, 2.45) is 0 Å². The number of nitrogens with one attached hydrogen (secondary N) is 4. The Labute approximate surface area is 465 Å². The number of aryl methyl sites for hydroxylation is 2. The van der Waals surface area contributed by atoms with Crippen LogP contribution in [0.25, 0.3) is 28.1 Å². The number of nitrogens with zero attached hydrogens (tertiary/aromatic N) is 6. The summed E-state index contributed by atoms with van der Waals surface area (Å²) >= 11 is 0. The number of aromatic nitrogens is 6. The molecule has 17 nitrogen and oxygen atoms in total. The number of H-pyrrole nitrogens is 1. The molecule has 0 saturated heterocycles. The van der Waals surface area contributed by atoms with E-state index in [2.05, 4.69) is 50.0 Å². The van der Waals surface area contributed by atoms with E-state index in [0.717, 1.165) is 112 Å².